The fourth-order valence-corrected chi connectivity index (χ4v) is 6.90. The van der Waals surface area contributed by atoms with Crippen LogP contribution in [0, 0.1) is 34.5 Å². The van der Waals surface area contributed by atoms with Crippen molar-refractivity contribution in [1.29, 1.82) is 0 Å². The standard InChI is InChI=1S/C21H36O3/c1-14(2)21(23)12-9-16-15(13-21)7-8-17-19(16,3)10-6-11-20(17,4)18(22)24-5/h14-17,23H,6-13H2,1-5H3/t15-,16-,17+,19+,20+,21+/m0/s1. The highest BCUT2D eigenvalue weighted by Crippen LogP contribution is 2.65. The van der Waals surface area contributed by atoms with Crippen molar-refractivity contribution in [2.24, 2.45) is 34.5 Å². The molecule has 1 N–H and O–H groups in total. The summed E-state index contributed by atoms with van der Waals surface area (Å²) in [5.74, 6) is 2.02. The Morgan fingerprint density at radius 2 is 1.83 bits per heavy atom. The molecule has 0 unspecified atom stereocenters. The van der Waals surface area contributed by atoms with Gasteiger partial charge in [0.25, 0.3) is 0 Å². The van der Waals surface area contributed by atoms with Crippen LogP contribution in [0.3, 0.4) is 0 Å². The normalized spacial score (nSPS) is 48.5. The number of fused-ring (bicyclic) bond motifs is 3. The highest BCUT2D eigenvalue weighted by atomic mass is 16.5. The molecule has 138 valence electrons. The number of carbonyl (C=O) groups is 1. The van der Waals surface area contributed by atoms with E-state index in [4.69, 9.17) is 4.74 Å². The molecule has 24 heavy (non-hydrogen) atoms. The lowest BCUT2D eigenvalue weighted by Gasteiger charge is -2.61. The minimum absolute atomic E-state index is 0.00799. The lowest BCUT2D eigenvalue weighted by Crippen LogP contribution is -2.58. The van der Waals surface area contributed by atoms with Crippen molar-refractivity contribution in [3.8, 4) is 0 Å². The smallest absolute Gasteiger partial charge is 0.311 e. The van der Waals surface area contributed by atoms with Crippen LogP contribution in [0.4, 0.5) is 0 Å². The maximum absolute atomic E-state index is 12.6. The van der Waals surface area contributed by atoms with Gasteiger partial charge in [-0.3, -0.25) is 4.79 Å². The van der Waals surface area contributed by atoms with Gasteiger partial charge < -0.3 is 9.84 Å². The van der Waals surface area contributed by atoms with Gasteiger partial charge in [0, 0.05) is 0 Å². The van der Waals surface area contributed by atoms with Crippen LogP contribution in [0.25, 0.3) is 0 Å². The Balaban J connectivity index is 1.88. The molecule has 3 rings (SSSR count). The van der Waals surface area contributed by atoms with Gasteiger partial charge in [-0.25, -0.2) is 0 Å². The van der Waals surface area contributed by atoms with Crippen LogP contribution in [0.5, 0.6) is 0 Å². The Hall–Kier alpha value is -0.570. The Morgan fingerprint density at radius 1 is 1.12 bits per heavy atom. The Labute approximate surface area is 147 Å². The van der Waals surface area contributed by atoms with Crippen molar-refractivity contribution in [3.05, 3.63) is 0 Å². The molecule has 0 aromatic carbocycles. The molecule has 3 aliphatic carbocycles. The van der Waals surface area contributed by atoms with Crippen LogP contribution in [0.15, 0.2) is 0 Å². The number of aliphatic hydroxyl groups is 1. The molecule has 3 nitrogen and oxygen atoms in total. The quantitative estimate of drug-likeness (QED) is 0.751. The fourth-order valence-electron chi connectivity index (χ4n) is 6.90. The van der Waals surface area contributed by atoms with Crippen LogP contribution < -0.4 is 0 Å². The SMILES string of the molecule is COC(=O)[C@]1(C)CCC[C@@]2(C)[C@H]1CC[C@H]1C[C@@](O)(C(C)C)CC[C@@H]12. The number of hydrogen-bond acceptors (Lipinski definition) is 3. The average molecular weight is 337 g/mol. The highest BCUT2D eigenvalue weighted by Gasteiger charge is 2.60. The minimum Gasteiger partial charge on any atom is -0.469 e. The summed E-state index contributed by atoms with van der Waals surface area (Å²) in [6.07, 6.45) is 8.57. The van der Waals surface area contributed by atoms with Gasteiger partial charge in [-0.2, -0.15) is 0 Å². The van der Waals surface area contributed by atoms with E-state index in [9.17, 15) is 9.90 Å². The van der Waals surface area contributed by atoms with Gasteiger partial charge in [0.2, 0.25) is 0 Å². The van der Waals surface area contributed by atoms with Crippen LogP contribution >= 0.6 is 0 Å². The molecule has 6 atom stereocenters. The van der Waals surface area contributed by atoms with Crippen LogP contribution in [-0.4, -0.2) is 23.8 Å². The molecule has 0 aliphatic heterocycles. The van der Waals surface area contributed by atoms with Gasteiger partial charge in [0.15, 0.2) is 0 Å². The number of hydrogen-bond donors (Lipinski definition) is 1. The van der Waals surface area contributed by atoms with E-state index in [1.54, 1.807) is 0 Å². The first-order valence-corrected chi connectivity index (χ1v) is 9.98. The second-order valence-corrected chi connectivity index (χ2v) is 9.77. The van der Waals surface area contributed by atoms with Gasteiger partial charge in [-0.1, -0.05) is 27.2 Å². The van der Waals surface area contributed by atoms with Crippen molar-refractivity contribution in [2.75, 3.05) is 7.11 Å². The zero-order valence-corrected chi connectivity index (χ0v) is 16.2. The molecule has 3 heteroatoms. The lowest BCUT2D eigenvalue weighted by molar-refractivity contribution is -0.183. The first-order valence-electron chi connectivity index (χ1n) is 9.98. The molecule has 3 aliphatic rings. The predicted molar refractivity (Wildman–Crippen MR) is 95.4 cm³/mol. The van der Waals surface area contributed by atoms with E-state index >= 15 is 0 Å². The Kier molecular flexibility index (Phi) is 4.56. The van der Waals surface area contributed by atoms with Crippen molar-refractivity contribution in [2.45, 2.75) is 84.7 Å². The minimum atomic E-state index is -0.481. The van der Waals surface area contributed by atoms with E-state index in [1.807, 2.05) is 0 Å². The van der Waals surface area contributed by atoms with Crippen LogP contribution in [-0.2, 0) is 9.53 Å². The fraction of sp³-hybridized carbons (Fsp3) is 0.952. The number of esters is 1. The molecule has 0 aromatic heterocycles. The van der Waals surface area contributed by atoms with E-state index in [-0.39, 0.29) is 16.8 Å². The maximum Gasteiger partial charge on any atom is 0.311 e. The third-order valence-electron chi connectivity index (χ3n) is 8.45. The molecule has 0 radical (unpaired) electrons. The number of methoxy groups -OCH3 is 1. The van der Waals surface area contributed by atoms with Gasteiger partial charge in [-0.05, 0) is 81.0 Å². The van der Waals surface area contributed by atoms with Gasteiger partial charge in [0.05, 0.1) is 18.1 Å². The molecule has 3 saturated carbocycles. The second kappa shape index (κ2) is 6.00. The molecule has 0 saturated heterocycles. The molecule has 0 heterocycles. The molecule has 0 aromatic rings. The molecule has 0 bridgehead atoms. The summed E-state index contributed by atoms with van der Waals surface area (Å²) < 4.78 is 5.21. The third kappa shape index (κ3) is 2.53. The van der Waals surface area contributed by atoms with Crippen molar-refractivity contribution in [1.82, 2.24) is 0 Å². The van der Waals surface area contributed by atoms with E-state index in [1.165, 1.54) is 13.5 Å². The topological polar surface area (TPSA) is 46.5 Å². The molecular formula is C21H36O3. The molecule has 0 spiro atoms. The summed E-state index contributed by atoms with van der Waals surface area (Å²) >= 11 is 0. The van der Waals surface area contributed by atoms with Gasteiger partial charge in [-0.15, -0.1) is 0 Å². The number of ether oxygens (including phenoxy) is 1. The molecule has 0 amide bonds. The van der Waals surface area contributed by atoms with E-state index in [0.717, 1.165) is 44.9 Å². The first kappa shape index (κ1) is 18.2. The van der Waals surface area contributed by atoms with E-state index in [2.05, 4.69) is 27.7 Å². The lowest BCUT2D eigenvalue weighted by atomic mass is 9.43. The number of carbonyl (C=O) groups excluding carboxylic acids is 1. The van der Waals surface area contributed by atoms with Crippen LogP contribution in [0.1, 0.15) is 79.1 Å². The van der Waals surface area contributed by atoms with Gasteiger partial charge >= 0.3 is 5.97 Å². The zero-order valence-electron chi connectivity index (χ0n) is 16.2. The molecule has 3 fully saturated rings. The molecular weight excluding hydrogens is 300 g/mol. The summed E-state index contributed by atoms with van der Waals surface area (Å²) in [7, 11) is 1.54. The summed E-state index contributed by atoms with van der Waals surface area (Å²) in [4.78, 5) is 12.6. The second-order valence-electron chi connectivity index (χ2n) is 9.77. The maximum atomic E-state index is 12.6. The van der Waals surface area contributed by atoms with Crippen molar-refractivity contribution < 1.29 is 14.6 Å². The van der Waals surface area contributed by atoms with Crippen LogP contribution in [0.2, 0.25) is 0 Å². The number of rotatable bonds is 2. The highest BCUT2D eigenvalue weighted by molar-refractivity contribution is 5.77. The summed E-state index contributed by atoms with van der Waals surface area (Å²) in [5.41, 5.74) is -0.578. The Bertz CT molecular complexity index is 501. The average Bonchev–Trinajstić information content (AvgIpc) is 2.53. The monoisotopic (exact) mass is 336 g/mol. The zero-order chi connectivity index (χ0) is 17.8. The first-order chi connectivity index (χ1) is 11.2. The summed E-state index contributed by atoms with van der Waals surface area (Å²) in [6, 6.07) is 0. The van der Waals surface area contributed by atoms with Gasteiger partial charge in [0.1, 0.15) is 0 Å². The van der Waals surface area contributed by atoms with Crippen molar-refractivity contribution in [3.63, 3.8) is 0 Å². The Morgan fingerprint density at radius 3 is 2.46 bits per heavy atom. The predicted octanol–water partition coefficient (Wildman–Crippen LogP) is 4.57. The van der Waals surface area contributed by atoms with E-state index in [0.29, 0.717) is 23.7 Å². The largest absolute Gasteiger partial charge is 0.469 e. The van der Waals surface area contributed by atoms with E-state index < -0.39 is 5.60 Å². The third-order valence-corrected chi connectivity index (χ3v) is 8.45. The van der Waals surface area contributed by atoms with Crippen molar-refractivity contribution >= 4 is 5.97 Å². The summed E-state index contributed by atoms with van der Waals surface area (Å²) in [6.45, 7) is 8.90. The summed E-state index contributed by atoms with van der Waals surface area (Å²) in [5, 5.41) is 11.0.